The maximum atomic E-state index is 12.5. The van der Waals surface area contributed by atoms with Crippen molar-refractivity contribution in [2.75, 3.05) is 0 Å². The lowest BCUT2D eigenvalue weighted by Crippen LogP contribution is -2.32. The van der Waals surface area contributed by atoms with Crippen LogP contribution in [0.5, 0.6) is 0 Å². The number of carbonyl (C=O) groups excluding carboxylic acids is 2. The first-order valence-electron chi connectivity index (χ1n) is 8.22. The summed E-state index contributed by atoms with van der Waals surface area (Å²) in [5.74, 6) is -0.861. The summed E-state index contributed by atoms with van der Waals surface area (Å²) in [6.07, 6.45) is 3.17. The van der Waals surface area contributed by atoms with E-state index in [0.717, 1.165) is 10.4 Å². The summed E-state index contributed by atoms with van der Waals surface area (Å²) >= 11 is 1.47. The zero-order chi connectivity index (χ0) is 18.9. The van der Waals surface area contributed by atoms with Gasteiger partial charge in [-0.05, 0) is 35.2 Å². The van der Waals surface area contributed by atoms with E-state index >= 15 is 0 Å². The third-order valence-corrected chi connectivity index (χ3v) is 4.36. The van der Waals surface area contributed by atoms with Crippen molar-refractivity contribution in [2.24, 2.45) is 5.10 Å². The van der Waals surface area contributed by atoms with E-state index in [-0.39, 0.29) is 11.6 Å². The van der Waals surface area contributed by atoms with E-state index in [4.69, 9.17) is 0 Å². The highest BCUT2D eigenvalue weighted by molar-refractivity contribution is 7.10. The molecule has 0 atom stereocenters. The second-order valence-corrected chi connectivity index (χ2v) is 6.48. The molecule has 2 amide bonds. The van der Waals surface area contributed by atoms with E-state index in [1.54, 1.807) is 36.6 Å². The van der Waals surface area contributed by atoms with Gasteiger partial charge in [0.15, 0.2) is 0 Å². The average molecular weight is 375 g/mol. The summed E-state index contributed by atoms with van der Waals surface area (Å²) < 4.78 is 0. The van der Waals surface area contributed by atoms with Crippen LogP contribution in [0.4, 0.5) is 0 Å². The van der Waals surface area contributed by atoms with Gasteiger partial charge in [-0.1, -0.05) is 54.6 Å². The Hall–Kier alpha value is -3.51. The number of amides is 2. The molecule has 2 aromatic carbocycles. The number of hydrogen-bond donors (Lipinski definition) is 2. The van der Waals surface area contributed by atoms with Gasteiger partial charge in [0.25, 0.3) is 11.8 Å². The maximum absolute atomic E-state index is 12.5. The molecule has 134 valence electrons. The number of benzene rings is 2. The molecule has 0 aliphatic rings. The normalized spacial score (nSPS) is 11.3. The Labute approximate surface area is 161 Å². The fraction of sp³-hybridized carbons (Fsp3) is 0. The molecule has 27 heavy (non-hydrogen) atoms. The van der Waals surface area contributed by atoms with Gasteiger partial charge in [0.2, 0.25) is 0 Å². The van der Waals surface area contributed by atoms with Crippen LogP contribution in [-0.2, 0) is 4.79 Å². The summed E-state index contributed by atoms with van der Waals surface area (Å²) in [5, 5.41) is 8.52. The minimum atomic E-state index is -0.500. The lowest BCUT2D eigenvalue weighted by molar-refractivity contribution is -0.117. The highest BCUT2D eigenvalue weighted by atomic mass is 32.1. The molecule has 0 fully saturated rings. The SMILES string of the molecule is O=C(N/N=C/c1ccccc1)/C(=C\c1cccs1)NC(=O)c1ccccc1. The zero-order valence-electron chi connectivity index (χ0n) is 14.3. The number of carbonyl (C=O) groups is 2. The molecule has 0 aliphatic carbocycles. The van der Waals surface area contributed by atoms with Gasteiger partial charge in [-0.15, -0.1) is 11.3 Å². The van der Waals surface area contributed by atoms with Crippen molar-refractivity contribution in [2.45, 2.75) is 0 Å². The Morgan fingerprint density at radius 2 is 1.59 bits per heavy atom. The molecule has 0 aliphatic heterocycles. The molecule has 0 bridgehead atoms. The van der Waals surface area contributed by atoms with Crippen LogP contribution in [0, 0.1) is 0 Å². The van der Waals surface area contributed by atoms with Crippen LogP contribution in [0.3, 0.4) is 0 Å². The van der Waals surface area contributed by atoms with Crippen molar-refractivity contribution in [3.63, 3.8) is 0 Å². The first-order valence-corrected chi connectivity index (χ1v) is 9.10. The van der Waals surface area contributed by atoms with Crippen molar-refractivity contribution in [3.05, 3.63) is 99.9 Å². The van der Waals surface area contributed by atoms with Crippen LogP contribution < -0.4 is 10.7 Å². The van der Waals surface area contributed by atoms with Crippen molar-refractivity contribution < 1.29 is 9.59 Å². The number of rotatable bonds is 6. The fourth-order valence-electron chi connectivity index (χ4n) is 2.22. The maximum Gasteiger partial charge on any atom is 0.287 e. The molecule has 1 aromatic heterocycles. The molecule has 0 unspecified atom stereocenters. The molecule has 1 heterocycles. The van der Waals surface area contributed by atoms with Gasteiger partial charge in [0.05, 0.1) is 6.21 Å². The highest BCUT2D eigenvalue weighted by Crippen LogP contribution is 2.13. The first kappa shape index (κ1) is 18.3. The Kier molecular flexibility index (Phi) is 6.27. The molecule has 0 saturated carbocycles. The Bertz CT molecular complexity index is 950. The molecule has 0 saturated heterocycles. The monoisotopic (exact) mass is 375 g/mol. The molecule has 0 spiro atoms. The summed E-state index contributed by atoms with van der Waals surface area (Å²) in [7, 11) is 0. The Balaban J connectivity index is 1.74. The average Bonchev–Trinajstić information content (AvgIpc) is 3.22. The van der Waals surface area contributed by atoms with Crippen LogP contribution in [-0.4, -0.2) is 18.0 Å². The quantitative estimate of drug-likeness (QED) is 0.392. The Morgan fingerprint density at radius 1 is 0.889 bits per heavy atom. The third-order valence-electron chi connectivity index (χ3n) is 3.54. The van der Waals surface area contributed by atoms with E-state index in [1.807, 2.05) is 53.9 Å². The van der Waals surface area contributed by atoms with E-state index < -0.39 is 5.91 Å². The third kappa shape index (κ3) is 5.49. The van der Waals surface area contributed by atoms with Gasteiger partial charge in [0, 0.05) is 10.4 Å². The minimum Gasteiger partial charge on any atom is -0.317 e. The van der Waals surface area contributed by atoms with Crippen LogP contribution in [0.25, 0.3) is 6.08 Å². The van der Waals surface area contributed by atoms with Crippen molar-refractivity contribution >= 4 is 35.4 Å². The molecular weight excluding hydrogens is 358 g/mol. The topological polar surface area (TPSA) is 70.6 Å². The lowest BCUT2D eigenvalue weighted by Gasteiger charge is -2.08. The van der Waals surface area contributed by atoms with E-state index in [0.29, 0.717) is 5.56 Å². The number of nitrogens with one attached hydrogen (secondary N) is 2. The number of hydrazone groups is 1. The van der Waals surface area contributed by atoms with Crippen LogP contribution in [0.2, 0.25) is 0 Å². The van der Waals surface area contributed by atoms with Gasteiger partial charge >= 0.3 is 0 Å². The summed E-state index contributed by atoms with van der Waals surface area (Å²) in [6, 6.07) is 21.9. The van der Waals surface area contributed by atoms with Gasteiger partial charge in [-0.3, -0.25) is 9.59 Å². The van der Waals surface area contributed by atoms with E-state index in [9.17, 15) is 9.59 Å². The second kappa shape index (κ2) is 9.26. The van der Waals surface area contributed by atoms with E-state index in [2.05, 4.69) is 15.8 Å². The molecule has 6 heteroatoms. The molecule has 5 nitrogen and oxygen atoms in total. The molecule has 0 radical (unpaired) electrons. The molecule has 3 rings (SSSR count). The molecule has 3 aromatic rings. The van der Waals surface area contributed by atoms with Crippen LogP contribution >= 0.6 is 11.3 Å². The van der Waals surface area contributed by atoms with Crippen molar-refractivity contribution in [1.82, 2.24) is 10.7 Å². The van der Waals surface area contributed by atoms with Crippen LogP contribution in [0.15, 0.2) is 89.0 Å². The number of thiophene rings is 1. The van der Waals surface area contributed by atoms with Crippen molar-refractivity contribution in [3.8, 4) is 0 Å². The van der Waals surface area contributed by atoms with Gasteiger partial charge < -0.3 is 5.32 Å². The first-order chi connectivity index (χ1) is 13.2. The van der Waals surface area contributed by atoms with Gasteiger partial charge in [0.1, 0.15) is 5.70 Å². The van der Waals surface area contributed by atoms with Gasteiger partial charge in [-0.2, -0.15) is 5.10 Å². The second-order valence-electron chi connectivity index (χ2n) is 5.50. The molecular formula is C21H17N3O2S. The minimum absolute atomic E-state index is 0.122. The smallest absolute Gasteiger partial charge is 0.287 e. The number of hydrogen-bond acceptors (Lipinski definition) is 4. The summed E-state index contributed by atoms with van der Waals surface area (Å²) in [6.45, 7) is 0. The standard InChI is InChI=1S/C21H17N3O2S/c25-20(17-10-5-2-6-11-17)23-19(14-18-12-7-13-27-18)21(26)24-22-15-16-8-3-1-4-9-16/h1-15H,(H,23,25)(H,24,26)/b19-14+,22-15+. The predicted octanol–water partition coefficient (Wildman–Crippen LogP) is 3.67. The fourth-order valence-corrected chi connectivity index (χ4v) is 2.88. The number of nitrogens with zero attached hydrogens (tertiary/aromatic N) is 1. The van der Waals surface area contributed by atoms with Gasteiger partial charge in [-0.25, -0.2) is 5.43 Å². The van der Waals surface area contributed by atoms with Crippen LogP contribution in [0.1, 0.15) is 20.8 Å². The van der Waals surface area contributed by atoms with Crippen molar-refractivity contribution in [1.29, 1.82) is 0 Å². The van der Waals surface area contributed by atoms with E-state index in [1.165, 1.54) is 11.3 Å². The Morgan fingerprint density at radius 3 is 2.26 bits per heavy atom. The summed E-state index contributed by atoms with van der Waals surface area (Å²) in [5.41, 5.74) is 3.90. The largest absolute Gasteiger partial charge is 0.317 e. The summed E-state index contributed by atoms with van der Waals surface area (Å²) in [4.78, 5) is 25.8. The zero-order valence-corrected chi connectivity index (χ0v) is 15.1. The predicted molar refractivity (Wildman–Crippen MR) is 108 cm³/mol. The lowest BCUT2D eigenvalue weighted by atomic mass is 10.2. The highest BCUT2D eigenvalue weighted by Gasteiger charge is 2.14. The molecule has 2 N–H and O–H groups in total.